The highest BCUT2D eigenvalue weighted by Crippen LogP contribution is 1.95. The molecule has 0 radical (unpaired) electrons. The molecule has 0 amide bonds. The van der Waals surface area contributed by atoms with Crippen molar-refractivity contribution in [3.05, 3.63) is 12.0 Å². The fourth-order valence-electron chi connectivity index (χ4n) is 0. The molecule has 0 bridgehead atoms. The minimum absolute atomic E-state index is 2.16. The summed E-state index contributed by atoms with van der Waals surface area (Å²) < 4.78 is 20.9. The fourth-order valence-corrected chi connectivity index (χ4v) is 0. The molecule has 0 aromatic heterocycles. The molecule has 36 valence electrons. The summed E-state index contributed by atoms with van der Waals surface area (Å²) in [5.74, 6) is -2.16. The summed E-state index contributed by atoms with van der Waals surface area (Å²) in [6.07, 6.45) is -2.57. The van der Waals surface area contributed by atoms with Gasteiger partial charge in [0, 0.05) is 0 Å². The third-order valence-corrected chi connectivity index (χ3v) is 0.162. The Hall–Kier alpha value is -0.800. The molecular formula is C2HF2O2-. The molecule has 1 N–H and O–H groups in total. The Morgan fingerprint density at radius 2 is 1.67 bits per heavy atom. The first-order valence-electron chi connectivity index (χ1n) is 1.06. The Morgan fingerprint density at radius 3 is 1.67 bits per heavy atom. The summed E-state index contributed by atoms with van der Waals surface area (Å²) in [5, 5.41) is 16.1. The van der Waals surface area contributed by atoms with Gasteiger partial charge >= 0.3 is 0 Å². The van der Waals surface area contributed by atoms with Gasteiger partial charge in [0.2, 0.25) is 0 Å². The lowest BCUT2D eigenvalue weighted by Crippen LogP contribution is -2.01. The zero-order valence-electron chi connectivity index (χ0n) is 2.61. The highest BCUT2D eigenvalue weighted by molar-refractivity contribution is 4.73. The van der Waals surface area contributed by atoms with E-state index in [2.05, 4.69) is 0 Å². The van der Waals surface area contributed by atoms with Gasteiger partial charge in [-0.2, -0.15) is 8.78 Å². The molecule has 0 unspecified atom stereocenters. The van der Waals surface area contributed by atoms with Crippen molar-refractivity contribution in [1.82, 2.24) is 0 Å². The van der Waals surface area contributed by atoms with Crippen molar-refractivity contribution in [2.75, 3.05) is 0 Å². The highest BCUT2D eigenvalue weighted by atomic mass is 19.3. The quantitative estimate of drug-likeness (QED) is 0.429. The lowest BCUT2D eigenvalue weighted by molar-refractivity contribution is -0.354. The number of hydrogen-bond donors (Lipinski definition) is 1. The molecule has 0 spiro atoms. The van der Waals surface area contributed by atoms with Crippen LogP contribution in [0.2, 0.25) is 0 Å². The number of rotatable bonds is 0. The predicted molar refractivity (Wildman–Crippen MR) is 11.9 cm³/mol. The summed E-state index contributed by atoms with van der Waals surface area (Å²) >= 11 is 0. The van der Waals surface area contributed by atoms with Crippen molar-refractivity contribution >= 4 is 0 Å². The molecule has 0 aromatic carbocycles. The first-order valence-corrected chi connectivity index (χ1v) is 1.06. The average Bonchev–Trinajstić information content (AvgIpc) is 1.36. The van der Waals surface area contributed by atoms with Crippen molar-refractivity contribution in [2.24, 2.45) is 0 Å². The van der Waals surface area contributed by atoms with E-state index in [9.17, 15) is 8.78 Å². The van der Waals surface area contributed by atoms with Gasteiger partial charge < -0.3 is 10.2 Å². The van der Waals surface area contributed by atoms with Gasteiger partial charge in [0.1, 0.15) is 5.95 Å². The Balaban J connectivity index is 3.68. The molecule has 0 fully saturated rings. The van der Waals surface area contributed by atoms with E-state index in [0.29, 0.717) is 0 Å². The van der Waals surface area contributed by atoms with Crippen molar-refractivity contribution in [2.45, 2.75) is 0 Å². The molecule has 4 heteroatoms. The first kappa shape index (κ1) is 5.20. The van der Waals surface area contributed by atoms with Crippen LogP contribution in [0.1, 0.15) is 0 Å². The first-order chi connectivity index (χ1) is 2.64. The van der Waals surface area contributed by atoms with Crippen molar-refractivity contribution in [3.8, 4) is 0 Å². The normalized spacial score (nSPS) is 7.67. The van der Waals surface area contributed by atoms with Crippen molar-refractivity contribution in [1.29, 1.82) is 0 Å². The second-order valence-corrected chi connectivity index (χ2v) is 0.566. The van der Waals surface area contributed by atoms with Crippen LogP contribution in [0.5, 0.6) is 0 Å². The third-order valence-electron chi connectivity index (χ3n) is 0.162. The van der Waals surface area contributed by atoms with Crippen LogP contribution in [0.25, 0.3) is 0 Å². The Kier molecular flexibility index (Phi) is 1.38. The minimum Gasteiger partial charge on any atom is -0.626 e. The van der Waals surface area contributed by atoms with E-state index >= 15 is 0 Å². The topological polar surface area (TPSA) is 43.3 Å². The van der Waals surface area contributed by atoms with Gasteiger partial charge in [-0.25, -0.2) is 0 Å². The molecule has 0 atom stereocenters. The molecule has 0 rings (SSSR count). The van der Waals surface area contributed by atoms with E-state index in [1.54, 1.807) is 0 Å². The van der Waals surface area contributed by atoms with Gasteiger partial charge in [0.15, 0.2) is 0 Å². The molecular weight excluding hydrogens is 94.0 g/mol. The molecule has 0 aliphatic carbocycles. The molecule has 2 nitrogen and oxygen atoms in total. The molecule has 0 heterocycles. The van der Waals surface area contributed by atoms with Crippen LogP contribution in [-0.4, -0.2) is 5.11 Å². The van der Waals surface area contributed by atoms with Crippen LogP contribution < -0.4 is 5.11 Å². The van der Waals surface area contributed by atoms with E-state index in [1.165, 1.54) is 0 Å². The van der Waals surface area contributed by atoms with Crippen molar-refractivity contribution < 1.29 is 19.0 Å². The molecule has 6 heavy (non-hydrogen) atoms. The lowest BCUT2D eigenvalue weighted by Gasteiger charge is -1.90. The van der Waals surface area contributed by atoms with Crippen LogP contribution in [-0.2, 0) is 0 Å². The maximum absolute atomic E-state index is 10.5. The predicted octanol–water partition coefficient (Wildman–Crippen LogP) is -0.0297. The third kappa shape index (κ3) is 1.51. The average molecular weight is 95.0 g/mol. The molecule has 0 saturated heterocycles. The number of halogens is 2. The van der Waals surface area contributed by atoms with Gasteiger partial charge in [-0.05, 0) is 0 Å². The van der Waals surface area contributed by atoms with Gasteiger partial charge in [-0.15, -0.1) is 0 Å². The van der Waals surface area contributed by atoms with E-state index in [4.69, 9.17) is 10.2 Å². The van der Waals surface area contributed by atoms with Gasteiger partial charge in [-0.3, -0.25) is 0 Å². The van der Waals surface area contributed by atoms with E-state index in [0.717, 1.165) is 0 Å². The van der Waals surface area contributed by atoms with Gasteiger partial charge in [-0.1, -0.05) is 0 Å². The van der Waals surface area contributed by atoms with Gasteiger partial charge in [0.25, 0.3) is 6.08 Å². The summed E-state index contributed by atoms with van der Waals surface area (Å²) in [6, 6.07) is 0. The van der Waals surface area contributed by atoms with E-state index in [1.807, 2.05) is 0 Å². The number of aliphatic hydroxyl groups excluding tert-OH is 1. The minimum atomic E-state index is -2.57. The zero-order chi connectivity index (χ0) is 5.15. The molecule has 0 saturated carbocycles. The fraction of sp³-hybridized carbons (Fsp3) is 0. The molecule has 0 aromatic rings. The Bertz CT molecular complexity index is 59.6. The van der Waals surface area contributed by atoms with Crippen LogP contribution in [0.4, 0.5) is 8.78 Å². The highest BCUT2D eigenvalue weighted by Gasteiger charge is 1.84. The Labute approximate surface area is 32.3 Å². The lowest BCUT2D eigenvalue weighted by atomic mass is 11.0. The largest absolute Gasteiger partial charge is 0.626 e. The van der Waals surface area contributed by atoms with Crippen LogP contribution in [0.3, 0.4) is 0 Å². The standard InChI is InChI=1S/C2H2F2O2/c3-1(4)2(5)6/h5-6H/p-1. The zero-order valence-corrected chi connectivity index (χ0v) is 2.61. The Morgan fingerprint density at radius 1 is 1.50 bits per heavy atom. The summed E-state index contributed by atoms with van der Waals surface area (Å²) in [4.78, 5) is 0. The number of hydrogen-bond acceptors (Lipinski definition) is 2. The molecule has 0 aliphatic rings. The van der Waals surface area contributed by atoms with Gasteiger partial charge in [0.05, 0.1) is 0 Å². The number of aliphatic hydroxyl groups is 1. The van der Waals surface area contributed by atoms with Crippen LogP contribution >= 0.6 is 0 Å². The smallest absolute Gasteiger partial charge is 0.291 e. The molecule has 0 aliphatic heterocycles. The van der Waals surface area contributed by atoms with Crippen LogP contribution in [0, 0.1) is 0 Å². The summed E-state index contributed by atoms with van der Waals surface area (Å²) in [6.45, 7) is 0. The summed E-state index contributed by atoms with van der Waals surface area (Å²) in [7, 11) is 0. The van der Waals surface area contributed by atoms with Crippen LogP contribution in [0.15, 0.2) is 12.0 Å². The van der Waals surface area contributed by atoms with Crippen molar-refractivity contribution in [3.63, 3.8) is 0 Å². The monoisotopic (exact) mass is 95.0 g/mol. The second-order valence-electron chi connectivity index (χ2n) is 0.566. The maximum Gasteiger partial charge on any atom is 0.291 e. The second kappa shape index (κ2) is 1.59. The SMILES string of the molecule is [O-]C(O)=C(F)F. The maximum atomic E-state index is 10.5. The van der Waals surface area contributed by atoms with E-state index < -0.39 is 12.0 Å². The van der Waals surface area contributed by atoms with E-state index in [-0.39, 0.29) is 0 Å². The summed E-state index contributed by atoms with van der Waals surface area (Å²) in [5.41, 5.74) is 0.